The van der Waals surface area contributed by atoms with E-state index < -0.39 is 5.60 Å². The fraction of sp³-hybridized carbons (Fsp3) is 0.700. The van der Waals surface area contributed by atoms with Crippen LogP contribution < -0.4 is 0 Å². The normalized spacial score (nSPS) is 39.0. The van der Waals surface area contributed by atoms with Gasteiger partial charge in [-0.05, 0) is 64.4 Å². The first-order chi connectivity index (χ1) is 10.3. The van der Waals surface area contributed by atoms with Gasteiger partial charge in [0.05, 0.1) is 11.7 Å². The minimum atomic E-state index is -0.794. The van der Waals surface area contributed by atoms with Crippen LogP contribution in [0.4, 0.5) is 0 Å². The van der Waals surface area contributed by atoms with E-state index >= 15 is 0 Å². The molecule has 0 saturated carbocycles. The smallest absolute Gasteiger partial charge is 0.105 e. The van der Waals surface area contributed by atoms with E-state index in [0.717, 1.165) is 32.1 Å². The number of ether oxygens (including phenoxy) is 1. The van der Waals surface area contributed by atoms with Crippen molar-refractivity contribution in [3.8, 4) is 0 Å². The molecule has 2 nitrogen and oxygen atoms in total. The average molecular weight is 304 g/mol. The molecule has 22 heavy (non-hydrogen) atoms. The minimum absolute atomic E-state index is 0.127. The van der Waals surface area contributed by atoms with E-state index in [9.17, 15) is 5.11 Å². The number of aliphatic hydroxyl groups is 1. The van der Waals surface area contributed by atoms with Crippen molar-refractivity contribution in [1.29, 1.82) is 0 Å². The van der Waals surface area contributed by atoms with Gasteiger partial charge in [0.15, 0.2) is 0 Å². The van der Waals surface area contributed by atoms with Gasteiger partial charge in [0.2, 0.25) is 0 Å². The van der Waals surface area contributed by atoms with Gasteiger partial charge in [0.25, 0.3) is 0 Å². The maximum Gasteiger partial charge on any atom is 0.105 e. The van der Waals surface area contributed by atoms with Gasteiger partial charge in [-0.25, -0.2) is 0 Å². The molecule has 124 valence electrons. The molecular formula is C20H32O2. The lowest BCUT2D eigenvalue weighted by Gasteiger charge is -2.29. The highest BCUT2D eigenvalue weighted by molar-refractivity contribution is 5.24. The Morgan fingerprint density at radius 3 is 2.55 bits per heavy atom. The van der Waals surface area contributed by atoms with Crippen LogP contribution in [0.2, 0.25) is 0 Å². The summed E-state index contributed by atoms with van der Waals surface area (Å²) in [5.74, 6) is 0.466. The van der Waals surface area contributed by atoms with E-state index in [2.05, 4.69) is 45.9 Å². The molecule has 0 aromatic rings. The highest BCUT2D eigenvalue weighted by Gasteiger charge is 2.39. The molecule has 0 aliphatic carbocycles. The first kappa shape index (κ1) is 17.5. The van der Waals surface area contributed by atoms with Crippen molar-refractivity contribution in [1.82, 2.24) is 0 Å². The highest BCUT2D eigenvalue weighted by Crippen LogP contribution is 2.36. The second-order valence-electron chi connectivity index (χ2n) is 7.61. The summed E-state index contributed by atoms with van der Waals surface area (Å²) >= 11 is 0. The third-order valence-electron chi connectivity index (χ3n) is 4.99. The van der Waals surface area contributed by atoms with Gasteiger partial charge in [-0.1, -0.05) is 43.2 Å². The van der Waals surface area contributed by atoms with Crippen LogP contribution in [0.5, 0.6) is 0 Å². The Balaban J connectivity index is 2.27. The van der Waals surface area contributed by atoms with Crippen LogP contribution in [0, 0.1) is 5.92 Å². The first-order valence-electron chi connectivity index (χ1n) is 8.70. The summed E-state index contributed by atoms with van der Waals surface area (Å²) < 4.78 is 6.26. The lowest BCUT2D eigenvalue weighted by molar-refractivity contribution is -0.0860. The molecule has 0 spiro atoms. The lowest BCUT2D eigenvalue weighted by Crippen LogP contribution is -2.39. The number of hydrogen-bond acceptors (Lipinski definition) is 2. The highest BCUT2D eigenvalue weighted by atomic mass is 16.5. The summed E-state index contributed by atoms with van der Waals surface area (Å²) in [6.45, 7) is 10.7. The van der Waals surface area contributed by atoms with Crippen LogP contribution >= 0.6 is 0 Å². The summed E-state index contributed by atoms with van der Waals surface area (Å²) in [5.41, 5.74) is 3.37. The van der Waals surface area contributed by atoms with Crippen LogP contribution in [0.15, 0.2) is 34.9 Å². The molecule has 2 aliphatic heterocycles. The van der Waals surface area contributed by atoms with Crippen molar-refractivity contribution in [3.05, 3.63) is 34.9 Å². The van der Waals surface area contributed by atoms with Crippen LogP contribution in [0.25, 0.3) is 0 Å². The zero-order valence-electron chi connectivity index (χ0n) is 14.9. The Hall–Kier alpha value is -0.860. The molecule has 2 bridgehead atoms. The molecule has 0 fully saturated rings. The van der Waals surface area contributed by atoms with Gasteiger partial charge in [-0.3, -0.25) is 0 Å². The molecule has 2 aliphatic rings. The predicted molar refractivity (Wildman–Crippen MR) is 92.8 cm³/mol. The van der Waals surface area contributed by atoms with Crippen LogP contribution in [-0.4, -0.2) is 22.9 Å². The standard InChI is InChI=1S/C20H32O2/c1-14(2)17-13-19-20(5,21)11-7-10-15(3)8-6-9-16(4)12-18(17)22-19/h9-10,13-14,18-19,21H,6-8,11-12H2,1-5H3/b15-10+,16-9+/t18?,19?,20-/m1/s1. The molecule has 0 aromatic heterocycles. The molecule has 2 heteroatoms. The summed E-state index contributed by atoms with van der Waals surface area (Å²) in [4.78, 5) is 0. The maximum atomic E-state index is 10.9. The molecule has 0 aromatic carbocycles. The fourth-order valence-electron chi connectivity index (χ4n) is 3.41. The average Bonchev–Trinajstić information content (AvgIpc) is 2.82. The van der Waals surface area contributed by atoms with E-state index in [1.165, 1.54) is 16.7 Å². The summed E-state index contributed by atoms with van der Waals surface area (Å²) in [5, 5.41) is 10.9. The van der Waals surface area contributed by atoms with Crippen molar-refractivity contribution < 1.29 is 9.84 Å². The third kappa shape index (κ3) is 4.33. The largest absolute Gasteiger partial charge is 0.387 e. The van der Waals surface area contributed by atoms with Gasteiger partial charge < -0.3 is 9.84 Å². The fourth-order valence-corrected chi connectivity index (χ4v) is 3.41. The molecule has 2 unspecified atom stereocenters. The van der Waals surface area contributed by atoms with E-state index in [1.54, 1.807) is 0 Å². The molecule has 3 atom stereocenters. The molecular weight excluding hydrogens is 272 g/mol. The zero-order chi connectivity index (χ0) is 16.3. The van der Waals surface area contributed by atoms with Gasteiger partial charge in [-0.2, -0.15) is 0 Å². The molecule has 2 heterocycles. The number of allylic oxidation sites excluding steroid dienone is 3. The van der Waals surface area contributed by atoms with E-state index in [0.29, 0.717) is 5.92 Å². The van der Waals surface area contributed by atoms with Crippen LogP contribution in [0.1, 0.15) is 66.7 Å². The Bertz CT molecular complexity index is 480. The summed E-state index contributed by atoms with van der Waals surface area (Å²) in [7, 11) is 0. The molecule has 1 N–H and O–H groups in total. The Kier molecular flexibility index (Phi) is 5.68. The number of hydrogen-bond donors (Lipinski definition) is 1. The van der Waals surface area contributed by atoms with E-state index in [4.69, 9.17) is 4.74 Å². The van der Waals surface area contributed by atoms with Crippen LogP contribution in [-0.2, 0) is 4.74 Å². The Labute approximate surface area is 136 Å². The quantitative estimate of drug-likeness (QED) is 0.695. The van der Waals surface area contributed by atoms with E-state index in [1.807, 2.05) is 6.92 Å². The number of fused-ring (bicyclic) bond motifs is 2. The zero-order valence-corrected chi connectivity index (χ0v) is 14.9. The van der Waals surface area contributed by atoms with Gasteiger partial charge in [-0.15, -0.1) is 0 Å². The van der Waals surface area contributed by atoms with Crippen molar-refractivity contribution in [3.63, 3.8) is 0 Å². The third-order valence-corrected chi connectivity index (χ3v) is 4.99. The second kappa shape index (κ2) is 7.14. The van der Waals surface area contributed by atoms with Crippen molar-refractivity contribution in [2.24, 2.45) is 5.92 Å². The van der Waals surface area contributed by atoms with Crippen LogP contribution in [0.3, 0.4) is 0 Å². The van der Waals surface area contributed by atoms with Gasteiger partial charge >= 0.3 is 0 Å². The Morgan fingerprint density at radius 2 is 1.86 bits per heavy atom. The second-order valence-corrected chi connectivity index (χ2v) is 7.61. The molecule has 2 rings (SSSR count). The van der Waals surface area contributed by atoms with Gasteiger partial charge in [0.1, 0.15) is 6.10 Å². The Morgan fingerprint density at radius 1 is 1.18 bits per heavy atom. The maximum absolute atomic E-state index is 10.9. The van der Waals surface area contributed by atoms with Gasteiger partial charge in [0, 0.05) is 0 Å². The topological polar surface area (TPSA) is 29.5 Å². The molecule has 0 radical (unpaired) electrons. The monoisotopic (exact) mass is 304 g/mol. The van der Waals surface area contributed by atoms with Crippen molar-refractivity contribution >= 4 is 0 Å². The molecule has 0 saturated heterocycles. The summed E-state index contributed by atoms with van der Waals surface area (Å²) in [6, 6.07) is 0. The lowest BCUT2D eigenvalue weighted by atomic mass is 9.89. The first-order valence-corrected chi connectivity index (χ1v) is 8.70. The molecule has 0 amide bonds. The number of rotatable bonds is 1. The predicted octanol–water partition coefficient (Wildman–Crippen LogP) is 4.94. The van der Waals surface area contributed by atoms with E-state index in [-0.39, 0.29) is 12.2 Å². The van der Waals surface area contributed by atoms with Crippen molar-refractivity contribution in [2.45, 2.75) is 84.5 Å². The summed E-state index contributed by atoms with van der Waals surface area (Å²) in [6.07, 6.45) is 11.6. The minimum Gasteiger partial charge on any atom is -0.387 e. The van der Waals surface area contributed by atoms with Crippen molar-refractivity contribution in [2.75, 3.05) is 0 Å². The SMILES string of the molecule is C/C1=C\CC[C@@](C)(O)C2C=C(C(C)C)C(C/C(C)=C/CC1)O2.